The van der Waals surface area contributed by atoms with Crippen molar-refractivity contribution in [2.45, 2.75) is 18.4 Å². The highest BCUT2D eigenvalue weighted by Crippen LogP contribution is 2.30. The van der Waals surface area contributed by atoms with Crippen LogP contribution < -0.4 is 15.5 Å². The minimum atomic E-state index is -0.915. The quantitative estimate of drug-likeness (QED) is 0.654. The van der Waals surface area contributed by atoms with E-state index in [2.05, 4.69) is 36.5 Å². The van der Waals surface area contributed by atoms with E-state index >= 15 is 0 Å². The molecular formula is C16H18BrN5O3S. The topological polar surface area (TPSA) is 107 Å². The first-order valence-corrected chi connectivity index (χ1v) is 9.67. The third-order valence-electron chi connectivity index (χ3n) is 4.55. The second-order valence-corrected chi connectivity index (χ2v) is 8.07. The summed E-state index contributed by atoms with van der Waals surface area (Å²) >= 11 is 4.58. The van der Waals surface area contributed by atoms with E-state index in [1.54, 1.807) is 30.8 Å². The van der Waals surface area contributed by atoms with E-state index in [0.29, 0.717) is 47.0 Å². The second kappa shape index (κ2) is 7.68. The van der Waals surface area contributed by atoms with Gasteiger partial charge in [0.25, 0.3) is 5.91 Å². The van der Waals surface area contributed by atoms with E-state index < -0.39 is 11.5 Å². The van der Waals surface area contributed by atoms with Crippen LogP contribution in [0.5, 0.6) is 0 Å². The lowest BCUT2D eigenvalue weighted by molar-refractivity contribution is -0.145. The number of anilines is 2. The lowest BCUT2D eigenvalue weighted by Gasteiger charge is -2.39. The molecule has 138 valence electrons. The van der Waals surface area contributed by atoms with Crippen LogP contribution >= 0.6 is 27.3 Å². The van der Waals surface area contributed by atoms with E-state index in [0.717, 1.165) is 0 Å². The monoisotopic (exact) mass is 439 g/mol. The Morgan fingerprint density at radius 1 is 1.38 bits per heavy atom. The van der Waals surface area contributed by atoms with Gasteiger partial charge in [0.1, 0.15) is 11.2 Å². The van der Waals surface area contributed by atoms with Crippen LogP contribution in [0.15, 0.2) is 27.6 Å². The Kier molecular flexibility index (Phi) is 5.54. The van der Waals surface area contributed by atoms with Crippen LogP contribution in [0.3, 0.4) is 0 Å². The minimum Gasteiger partial charge on any atom is -0.480 e. The van der Waals surface area contributed by atoms with Crippen molar-refractivity contribution >= 4 is 50.6 Å². The molecule has 3 N–H and O–H groups in total. The highest BCUT2D eigenvalue weighted by atomic mass is 79.9. The van der Waals surface area contributed by atoms with Crippen molar-refractivity contribution in [1.82, 2.24) is 15.3 Å². The number of aliphatic carboxylic acids is 1. The summed E-state index contributed by atoms with van der Waals surface area (Å²) in [6, 6.07) is 3.52. The average Bonchev–Trinajstić information content (AvgIpc) is 3.09. The van der Waals surface area contributed by atoms with Gasteiger partial charge in [-0.1, -0.05) is 0 Å². The zero-order valence-electron chi connectivity index (χ0n) is 14.0. The number of carboxylic acids is 1. The molecule has 0 atom stereocenters. The van der Waals surface area contributed by atoms with Crippen LogP contribution in [0.25, 0.3) is 0 Å². The lowest BCUT2D eigenvalue weighted by atomic mass is 9.87. The molecule has 1 amide bonds. The first-order valence-electron chi connectivity index (χ1n) is 8.00. The van der Waals surface area contributed by atoms with E-state index in [4.69, 9.17) is 0 Å². The zero-order chi connectivity index (χ0) is 18.7. The number of hydrogen-bond donors (Lipinski definition) is 3. The number of thiazole rings is 1. The van der Waals surface area contributed by atoms with Crippen molar-refractivity contribution < 1.29 is 14.7 Å². The number of halogens is 1. The number of likely N-dealkylation sites (N-methyl/N-ethyl adjacent to an activating group) is 1. The predicted molar refractivity (Wildman–Crippen MR) is 103 cm³/mol. The Bertz CT molecular complexity index is 820. The van der Waals surface area contributed by atoms with Gasteiger partial charge in [-0.15, -0.1) is 11.3 Å². The van der Waals surface area contributed by atoms with Crippen molar-refractivity contribution in [3.63, 3.8) is 0 Å². The number of nitrogens with one attached hydrogen (secondary N) is 2. The summed E-state index contributed by atoms with van der Waals surface area (Å²) in [5.41, 5.74) is -0.00835. The summed E-state index contributed by atoms with van der Waals surface area (Å²) < 4.78 is 0.641. The maximum atomic E-state index is 12.4. The van der Waals surface area contributed by atoms with Crippen molar-refractivity contribution in [1.29, 1.82) is 0 Å². The number of hydrogen-bond acceptors (Lipinski definition) is 7. The first kappa shape index (κ1) is 18.7. The van der Waals surface area contributed by atoms with Gasteiger partial charge in [-0.05, 0) is 48.0 Å². The van der Waals surface area contributed by atoms with Gasteiger partial charge in [0.2, 0.25) is 0 Å². The lowest BCUT2D eigenvalue weighted by Crippen LogP contribution is -2.57. The minimum absolute atomic E-state index is 0.312. The van der Waals surface area contributed by atoms with Crippen LogP contribution in [-0.2, 0) is 4.79 Å². The van der Waals surface area contributed by atoms with Crippen molar-refractivity contribution in [3.05, 3.63) is 33.3 Å². The van der Waals surface area contributed by atoms with Crippen molar-refractivity contribution in [2.24, 2.45) is 0 Å². The van der Waals surface area contributed by atoms with Gasteiger partial charge in [-0.2, -0.15) is 0 Å². The number of carboxylic acid groups (broad SMARTS) is 1. The van der Waals surface area contributed by atoms with Gasteiger partial charge < -0.3 is 20.6 Å². The summed E-state index contributed by atoms with van der Waals surface area (Å²) in [6.07, 6.45) is 2.55. The molecule has 26 heavy (non-hydrogen) atoms. The van der Waals surface area contributed by atoms with Gasteiger partial charge >= 0.3 is 5.97 Å². The molecule has 1 aliphatic heterocycles. The van der Waals surface area contributed by atoms with Crippen LogP contribution in [0.2, 0.25) is 0 Å². The molecule has 3 rings (SSSR count). The van der Waals surface area contributed by atoms with Crippen molar-refractivity contribution in [2.75, 3.05) is 30.4 Å². The average molecular weight is 440 g/mol. The normalized spacial score (nSPS) is 16.3. The van der Waals surface area contributed by atoms with Gasteiger partial charge in [-0.25, -0.2) is 9.97 Å². The maximum absolute atomic E-state index is 12.4. The number of piperidine rings is 1. The third kappa shape index (κ3) is 3.71. The highest BCUT2D eigenvalue weighted by Gasteiger charge is 2.40. The van der Waals surface area contributed by atoms with Gasteiger partial charge in [-0.3, -0.25) is 9.59 Å². The van der Waals surface area contributed by atoms with Crippen molar-refractivity contribution in [3.8, 4) is 0 Å². The molecule has 0 spiro atoms. The van der Waals surface area contributed by atoms with Crippen LogP contribution in [-0.4, -0.2) is 52.6 Å². The molecule has 2 aromatic heterocycles. The summed E-state index contributed by atoms with van der Waals surface area (Å²) in [5, 5.41) is 16.9. The van der Waals surface area contributed by atoms with Crippen LogP contribution in [0, 0.1) is 0 Å². The Morgan fingerprint density at radius 2 is 2.12 bits per heavy atom. The smallest absolute Gasteiger partial charge is 0.324 e. The molecule has 0 bridgehead atoms. The SMILES string of the molecule is CNC1(C(=O)O)CCN(c2ncccc2NC(=O)c2csc(Br)n2)CC1. The number of pyridine rings is 1. The molecule has 0 aromatic carbocycles. The predicted octanol–water partition coefficient (Wildman–Crippen LogP) is 2.20. The Hall–Kier alpha value is -2.04. The molecule has 0 saturated carbocycles. The number of aromatic nitrogens is 2. The number of amides is 1. The Balaban J connectivity index is 1.76. The number of carbonyl (C=O) groups is 2. The maximum Gasteiger partial charge on any atom is 0.324 e. The highest BCUT2D eigenvalue weighted by molar-refractivity contribution is 9.11. The molecule has 2 aromatic rings. The largest absolute Gasteiger partial charge is 0.480 e. The first-order chi connectivity index (χ1) is 12.4. The fourth-order valence-corrected chi connectivity index (χ4v) is 3.95. The van der Waals surface area contributed by atoms with Crippen LogP contribution in [0.4, 0.5) is 11.5 Å². The van der Waals surface area contributed by atoms with Gasteiger partial charge in [0, 0.05) is 24.7 Å². The summed E-state index contributed by atoms with van der Waals surface area (Å²) in [4.78, 5) is 34.4. The van der Waals surface area contributed by atoms with Gasteiger partial charge in [0.05, 0.1) is 5.69 Å². The Morgan fingerprint density at radius 3 is 2.69 bits per heavy atom. The molecule has 10 heteroatoms. The molecule has 1 saturated heterocycles. The molecule has 0 unspecified atom stereocenters. The summed E-state index contributed by atoms with van der Waals surface area (Å²) in [6.45, 7) is 1.05. The standard InChI is InChI=1S/C16H18BrN5O3S/c1-18-16(14(24)25)4-7-22(8-5-16)12-10(3-2-6-19-12)20-13(23)11-9-26-15(17)21-11/h2-3,6,9,18H,4-5,7-8H2,1H3,(H,20,23)(H,24,25). The van der Waals surface area contributed by atoms with E-state index in [-0.39, 0.29) is 5.91 Å². The fourth-order valence-electron chi connectivity index (χ4n) is 2.96. The Labute approximate surface area is 162 Å². The molecule has 0 aliphatic carbocycles. The van der Waals surface area contributed by atoms with Gasteiger partial charge in [0.15, 0.2) is 9.73 Å². The summed E-state index contributed by atoms with van der Waals surface area (Å²) in [7, 11) is 1.67. The van der Waals surface area contributed by atoms with Crippen LogP contribution in [0.1, 0.15) is 23.3 Å². The number of carbonyl (C=O) groups excluding carboxylic acids is 1. The third-order valence-corrected chi connectivity index (χ3v) is 5.91. The fraction of sp³-hybridized carbons (Fsp3) is 0.375. The number of rotatable bonds is 5. The number of nitrogens with zero attached hydrogens (tertiary/aromatic N) is 3. The zero-order valence-corrected chi connectivity index (χ0v) is 16.4. The molecule has 8 nitrogen and oxygen atoms in total. The molecule has 3 heterocycles. The second-order valence-electron chi connectivity index (χ2n) is 5.94. The van der Waals surface area contributed by atoms with E-state index in [1.165, 1.54) is 11.3 Å². The molecular weight excluding hydrogens is 422 g/mol. The molecule has 0 radical (unpaired) electrons. The molecule has 1 aliphatic rings. The summed E-state index contributed by atoms with van der Waals surface area (Å²) in [5.74, 6) is -0.526. The van der Waals surface area contributed by atoms with E-state index in [1.807, 2.05) is 4.90 Å². The van der Waals surface area contributed by atoms with E-state index in [9.17, 15) is 14.7 Å². The molecule has 1 fully saturated rings.